The minimum Gasteiger partial charge on any atom is -0.493 e. The second-order valence-electron chi connectivity index (χ2n) is 8.16. The Labute approximate surface area is 200 Å². The van der Waals surface area contributed by atoms with Crippen LogP contribution in [0, 0.1) is 0 Å². The number of rotatable bonds is 8. The third-order valence-corrected chi connectivity index (χ3v) is 7.98. The molecule has 9 nitrogen and oxygen atoms in total. The van der Waals surface area contributed by atoms with E-state index in [0.717, 1.165) is 19.4 Å². The van der Waals surface area contributed by atoms with Gasteiger partial charge in [-0.25, -0.2) is 8.42 Å². The zero-order valence-electron chi connectivity index (χ0n) is 19.4. The molecular formula is C24H30N2O7S. The molecule has 10 heteroatoms. The van der Waals surface area contributed by atoms with Crippen LogP contribution < -0.4 is 14.2 Å². The van der Waals surface area contributed by atoms with E-state index in [1.807, 2.05) is 6.07 Å². The highest BCUT2D eigenvalue weighted by molar-refractivity contribution is 7.89. The fourth-order valence-corrected chi connectivity index (χ4v) is 5.59. The first kappa shape index (κ1) is 24.3. The Morgan fingerprint density at radius 2 is 1.74 bits per heavy atom. The highest BCUT2D eigenvalue weighted by atomic mass is 32.2. The highest BCUT2D eigenvalue weighted by Crippen LogP contribution is 2.31. The molecule has 2 aliphatic heterocycles. The number of nitrogens with zero attached hydrogens (tertiary/aromatic N) is 2. The summed E-state index contributed by atoms with van der Waals surface area (Å²) >= 11 is 0. The second-order valence-corrected chi connectivity index (χ2v) is 10.1. The van der Waals surface area contributed by atoms with E-state index in [1.165, 1.54) is 30.7 Å². The first-order valence-electron chi connectivity index (χ1n) is 11.3. The summed E-state index contributed by atoms with van der Waals surface area (Å²) in [4.78, 5) is 15.0. The van der Waals surface area contributed by atoms with Gasteiger partial charge in [-0.15, -0.1) is 0 Å². The molecule has 2 heterocycles. The Morgan fingerprint density at radius 3 is 2.41 bits per heavy atom. The van der Waals surface area contributed by atoms with Gasteiger partial charge in [-0.3, -0.25) is 4.79 Å². The van der Waals surface area contributed by atoms with Crippen molar-refractivity contribution in [1.29, 1.82) is 0 Å². The van der Waals surface area contributed by atoms with Gasteiger partial charge in [-0.2, -0.15) is 4.31 Å². The van der Waals surface area contributed by atoms with Gasteiger partial charge in [0, 0.05) is 38.9 Å². The molecule has 1 unspecified atom stereocenters. The monoisotopic (exact) mass is 490 g/mol. The molecule has 0 aromatic heterocycles. The Kier molecular flexibility index (Phi) is 7.60. The van der Waals surface area contributed by atoms with Crippen LogP contribution in [0.3, 0.4) is 0 Å². The topological polar surface area (TPSA) is 94.6 Å². The van der Waals surface area contributed by atoms with E-state index in [9.17, 15) is 13.2 Å². The number of hydrogen-bond acceptors (Lipinski definition) is 7. The lowest BCUT2D eigenvalue weighted by atomic mass is 10.1. The van der Waals surface area contributed by atoms with Crippen LogP contribution in [0.5, 0.6) is 17.2 Å². The molecule has 0 N–H and O–H groups in total. The maximum atomic E-state index is 13.2. The predicted octanol–water partition coefficient (Wildman–Crippen LogP) is 2.41. The van der Waals surface area contributed by atoms with Crippen LogP contribution in [0.2, 0.25) is 0 Å². The van der Waals surface area contributed by atoms with E-state index in [2.05, 4.69) is 0 Å². The van der Waals surface area contributed by atoms with Gasteiger partial charge in [-0.1, -0.05) is 12.1 Å². The molecule has 1 amide bonds. The maximum absolute atomic E-state index is 13.2. The molecule has 0 bridgehead atoms. The van der Waals surface area contributed by atoms with Crippen LogP contribution in [0.1, 0.15) is 23.2 Å². The molecule has 2 aliphatic rings. The number of para-hydroxylation sites is 1. The van der Waals surface area contributed by atoms with Crippen molar-refractivity contribution in [1.82, 2.24) is 9.21 Å². The largest absolute Gasteiger partial charge is 0.493 e. The molecule has 0 saturated carbocycles. The van der Waals surface area contributed by atoms with Crippen molar-refractivity contribution in [2.24, 2.45) is 0 Å². The molecule has 1 atom stereocenters. The Balaban J connectivity index is 1.41. The third-order valence-electron chi connectivity index (χ3n) is 6.08. The SMILES string of the molecule is COc1ccc(S(=O)(=O)N2CCN(C(=O)c3ccccc3OCC3CCCO3)CC2)cc1OC. The first-order valence-corrected chi connectivity index (χ1v) is 12.7. The van der Waals surface area contributed by atoms with E-state index >= 15 is 0 Å². The van der Waals surface area contributed by atoms with Crippen LogP contribution in [-0.4, -0.2) is 83.2 Å². The van der Waals surface area contributed by atoms with Crippen LogP contribution in [-0.2, 0) is 14.8 Å². The number of benzene rings is 2. The number of piperazine rings is 1. The van der Waals surface area contributed by atoms with Gasteiger partial charge in [0.25, 0.3) is 5.91 Å². The van der Waals surface area contributed by atoms with Gasteiger partial charge < -0.3 is 23.8 Å². The summed E-state index contributed by atoms with van der Waals surface area (Å²) in [5, 5.41) is 0. The van der Waals surface area contributed by atoms with Gasteiger partial charge in [-0.05, 0) is 37.1 Å². The van der Waals surface area contributed by atoms with E-state index < -0.39 is 10.0 Å². The quantitative estimate of drug-likeness (QED) is 0.561. The molecule has 2 fully saturated rings. The molecule has 184 valence electrons. The number of sulfonamides is 1. The summed E-state index contributed by atoms with van der Waals surface area (Å²) in [7, 11) is -0.785. The first-order chi connectivity index (χ1) is 16.4. The molecule has 2 aromatic carbocycles. The summed E-state index contributed by atoms with van der Waals surface area (Å²) < 4.78 is 49.6. The van der Waals surface area contributed by atoms with Crippen molar-refractivity contribution < 1.29 is 32.2 Å². The average molecular weight is 491 g/mol. The van der Waals surface area contributed by atoms with Crippen LogP contribution >= 0.6 is 0 Å². The van der Waals surface area contributed by atoms with Crippen molar-refractivity contribution in [2.75, 3.05) is 53.6 Å². The van der Waals surface area contributed by atoms with Gasteiger partial charge in [0.15, 0.2) is 11.5 Å². The Bertz CT molecular complexity index is 1110. The number of amides is 1. The van der Waals surface area contributed by atoms with Crippen LogP contribution in [0.15, 0.2) is 47.4 Å². The highest BCUT2D eigenvalue weighted by Gasteiger charge is 2.32. The van der Waals surface area contributed by atoms with E-state index in [-0.39, 0.29) is 43.1 Å². The lowest BCUT2D eigenvalue weighted by molar-refractivity contribution is 0.0632. The normalized spacial score (nSPS) is 19.1. The van der Waals surface area contributed by atoms with Crippen molar-refractivity contribution in [3.63, 3.8) is 0 Å². The molecule has 2 aromatic rings. The molecule has 0 aliphatic carbocycles. The fourth-order valence-electron chi connectivity index (χ4n) is 4.16. The Hall–Kier alpha value is -2.82. The molecule has 34 heavy (non-hydrogen) atoms. The lowest BCUT2D eigenvalue weighted by Crippen LogP contribution is -2.50. The zero-order valence-corrected chi connectivity index (χ0v) is 20.3. The van der Waals surface area contributed by atoms with Gasteiger partial charge in [0.2, 0.25) is 10.0 Å². The summed E-state index contributed by atoms with van der Waals surface area (Å²) in [6, 6.07) is 11.7. The van der Waals surface area contributed by atoms with Gasteiger partial charge in [0.1, 0.15) is 12.4 Å². The van der Waals surface area contributed by atoms with Crippen LogP contribution in [0.4, 0.5) is 0 Å². The minimum atomic E-state index is -3.74. The number of carbonyl (C=O) groups excluding carboxylic acids is 1. The predicted molar refractivity (Wildman–Crippen MR) is 125 cm³/mol. The van der Waals surface area contributed by atoms with Crippen LogP contribution in [0.25, 0.3) is 0 Å². The van der Waals surface area contributed by atoms with Crippen molar-refractivity contribution in [2.45, 2.75) is 23.8 Å². The molecule has 4 rings (SSSR count). The van der Waals surface area contributed by atoms with E-state index in [1.54, 1.807) is 29.2 Å². The number of ether oxygens (including phenoxy) is 4. The number of hydrogen-bond donors (Lipinski definition) is 0. The third kappa shape index (κ3) is 5.13. The lowest BCUT2D eigenvalue weighted by Gasteiger charge is -2.34. The minimum absolute atomic E-state index is 0.0495. The Morgan fingerprint density at radius 1 is 1.00 bits per heavy atom. The number of methoxy groups -OCH3 is 2. The molecule has 2 saturated heterocycles. The smallest absolute Gasteiger partial charge is 0.257 e. The van der Waals surface area contributed by atoms with Gasteiger partial charge >= 0.3 is 0 Å². The van der Waals surface area contributed by atoms with Crippen molar-refractivity contribution in [3.8, 4) is 17.2 Å². The summed E-state index contributed by atoms with van der Waals surface area (Å²) in [6.45, 7) is 2.10. The van der Waals surface area contributed by atoms with Gasteiger partial charge in [0.05, 0.1) is 30.8 Å². The average Bonchev–Trinajstić information content (AvgIpc) is 3.40. The summed E-state index contributed by atoms with van der Waals surface area (Å²) in [5.41, 5.74) is 0.469. The second kappa shape index (κ2) is 10.6. The summed E-state index contributed by atoms with van der Waals surface area (Å²) in [5.74, 6) is 1.14. The fraction of sp³-hybridized carbons (Fsp3) is 0.458. The molecule has 0 spiro atoms. The van der Waals surface area contributed by atoms with Crippen molar-refractivity contribution in [3.05, 3.63) is 48.0 Å². The molecule has 0 radical (unpaired) electrons. The zero-order chi connectivity index (χ0) is 24.1. The molecular weight excluding hydrogens is 460 g/mol. The maximum Gasteiger partial charge on any atom is 0.257 e. The van der Waals surface area contributed by atoms with E-state index in [0.29, 0.717) is 29.4 Å². The standard InChI is InChI=1S/C24H30N2O7S/c1-30-22-10-9-19(16-23(22)31-2)34(28,29)26-13-11-25(12-14-26)24(27)20-7-3-4-8-21(20)33-17-18-6-5-15-32-18/h3-4,7-10,16,18H,5-6,11-15,17H2,1-2H3. The number of carbonyl (C=O) groups is 1. The van der Waals surface area contributed by atoms with Crippen molar-refractivity contribution >= 4 is 15.9 Å². The summed E-state index contributed by atoms with van der Waals surface area (Å²) in [6.07, 6.45) is 2.02. The van der Waals surface area contributed by atoms with E-state index in [4.69, 9.17) is 18.9 Å².